The number of hydrogen-bond donors (Lipinski definition) is 1. The lowest BCUT2D eigenvalue weighted by molar-refractivity contribution is -0.137. The fourth-order valence-corrected chi connectivity index (χ4v) is 3.22. The fraction of sp³-hybridized carbons (Fsp3) is 0.111. The topological polar surface area (TPSA) is 42.0 Å². The fourth-order valence-electron chi connectivity index (χ4n) is 2.25. The highest BCUT2D eigenvalue weighted by Crippen LogP contribution is 2.31. The van der Waals surface area contributed by atoms with Crippen LogP contribution < -0.4 is 5.32 Å². The molecule has 0 fully saturated rings. The number of aryl methyl sites for hydroxylation is 1. The summed E-state index contributed by atoms with van der Waals surface area (Å²) in [5.74, 6) is -0.838. The summed E-state index contributed by atoms with van der Waals surface area (Å²) in [6.45, 7) is 1.66. The molecule has 2 aromatic carbocycles. The molecule has 8 heteroatoms. The first-order chi connectivity index (χ1) is 12.2. The van der Waals surface area contributed by atoms with Gasteiger partial charge in [-0.25, -0.2) is 9.37 Å². The zero-order valence-electron chi connectivity index (χ0n) is 13.4. The monoisotopic (exact) mass is 380 g/mol. The van der Waals surface area contributed by atoms with Crippen molar-refractivity contribution in [3.8, 4) is 10.6 Å². The highest BCUT2D eigenvalue weighted by Gasteiger charge is 2.30. The largest absolute Gasteiger partial charge is 0.416 e. The van der Waals surface area contributed by atoms with Crippen LogP contribution in [0.3, 0.4) is 0 Å². The summed E-state index contributed by atoms with van der Waals surface area (Å²) in [4.78, 5) is 17.0. The smallest absolute Gasteiger partial charge is 0.321 e. The van der Waals surface area contributed by atoms with Gasteiger partial charge in [-0.3, -0.25) is 4.79 Å². The Kier molecular flexibility index (Phi) is 4.78. The van der Waals surface area contributed by atoms with Crippen LogP contribution in [-0.2, 0) is 6.18 Å². The van der Waals surface area contributed by atoms with E-state index in [4.69, 9.17) is 0 Å². The number of anilines is 1. The molecular formula is C18H12F4N2OS. The van der Waals surface area contributed by atoms with Gasteiger partial charge < -0.3 is 5.32 Å². The van der Waals surface area contributed by atoms with E-state index in [-0.39, 0.29) is 11.5 Å². The molecule has 0 bridgehead atoms. The van der Waals surface area contributed by atoms with Gasteiger partial charge in [0.25, 0.3) is 5.91 Å². The number of benzene rings is 2. The molecule has 0 atom stereocenters. The molecule has 0 aliphatic heterocycles. The predicted molar refractivity (Wildman–Crippen MR) is 91.6 cm³/mol. The Balaban J connectivity index is 1.79. The van der Waals surface area contributed by atoms with Gasteiger partial charge in [0.1, 0.15) is 15.7 Å². The Morgan fingerprint density at radius 1 is 1.04 bits per heavy atom. The van der Waals surface area contributed by atoms with Crippen molar-refractivity contribution in [3.05, 3.63) is 70.5 Å². The molecule has 1 aromatic heterocycles. The van der Waals surface area contributed by atoms with Crippen LogP contribution in [0.4, 0.5) is 23.2 Å². The Morgan fingerprint density at radius 3 is 2.23 bits per heavy atom. The van der Waals surface area contributed by atoms with E-state index in [9.17, 15) is 22.4 Å². The number of rotatable bonds is 3. The average molecular weight is 380 g/mol. The van der Waals surface area contributed by atoms with Crippen LogP contribution in [0.25, 0.3) is 10.6 Å². The van der Waals surface area contributed by atoms with Crippen LogP contribution in [-0.4, -0.2) is 10.9 Å². The normalized spacial score (nSPS) is 11.4. The number of thiazole rings is 1. The summed E-state index contributed by atoms with van der Waals surface area (Å²) in [6, 6.07) is 9.91. The standard InChI is InChI=1S/C18H12F4N2OS/c1-10-15(26-17(23-10)11-2-6-13(19)7-3-11)16(25)24-14-8-4-12(5-9-14)18(20,21)22/h2-9H,1H3,(H,24,25). The minimum absolute atomic E-state index is 0.249. The average Bonchev–Trinajstić information content (AvgIpc) is 2.97. The van der Waals surface area contributed by atoms with E-state index >= 15 is 0 Å². The molecule has 134 valence electrons. The summed E-state index contributed by atoms with van der Waals surface area (Å²) < 4.78 is 50.7. The number of alkyl halides is 3. The maximum absolute atomic E-state index is 13.0. The number of amides is 1. The number of carbonyl (C=O) groups is 1. The lowest BCUT2D eigenvalue weighted by Crippen LogP contribution is -2.12. The molecule has 0 unspecified atom stereocenters. The minimum Gasteiger partial charge on any atom is -0.321 e. The minimum atomic E-state index is -4.43. The summed E-state index contributed by atoms with van der Waals surface area (Å²) in [6.07, 6.45) is -4.43. The van der Waals surface area contributed by atoms with E-state index in [1.165, 1.54) is 24.3 Å². The number of nitrogens with one attached hydrogen (secondary N) is 1. The van der Waals surface area contributed by atoms with Crippen LogP contribution >= 0.6 is 11.3 Å². The Hall–Kier alpha value is -2.74. The van der Waals surface area contributed by atoms with Gasteiger partial charge in [0.05, 0.1) is 11.3 Å². The van der Waals surface area contributed by atoms with Gasteiger partial charge in [0.15, 0.2) is 0 Å². The van der Waals surface area contributed by atoms with Crippen molar-refractivity contribution < 1.29 is 22.4 Å². The van der Waals surface area contributed by atoms with Crippen LogP contribution in [0.1, 0.15) is 20.9 Å². The summed E-state index contributed by atoms with van der Waals surface area (Å²) in [7, 11) is 0. The maximum atomic E-state index is 13.0. The molecule has 3 nitrogen and oxygen atoms in total. The van der Waals surface area contributed by atoms with Crippen LogP contribution in [0.2, 0.25) is 0 Å². The highest BCUT2D eigenvalue weighted by atomic mass is 32.1. The number of nitrogens with zero attached hydrogens (tertiary/aromatic N) is 1. The predicted octanol–water partition coefficient (Wildman–Crippen LogP) is 5.53. The Morgan fingerprint density at radius 2 is 1.65 bits per heavy atom. The van der Waals surface area contributed by atoms with Gasteiger partial charge in [-0.1, -0.05) is 0 Å². The van der Waals surface area contributed by atoms with Gasteiger partial charge in [-0.2, -0.15) is 13.2 Å². The van der Waals surface area contributed by atoms with Crippen LogP contribution in [0.5, 0.6) is 0 Å². The SMILES string of the molecule is Cc1nc(-c2ccc(F)cc2)sc1C(=O)Nc1ccc(C(F)(F)F)cc1. The Bertz CT molecular complexity index is 931. The molecule has 1 amide bonds. The van der Waals surface area contributed by atoms with Gasteiger partial charge >= 0.3 is 6.18 Å². The summed E-state index contributed by atoms with van der Waals surface area (Å²) in [5.41, 5.74) is 0.619. The van der Waals surface area contributed by atoms with Gasteiger partial charge in [0, 0.05) is 11.3 Å². The van der Waals surface area contributed by atoms with E-state index < -0.39 is 17.6 Å². The molecule has 0 aliphatic rings. The molecule has 0 radical (unpaired) electrons. The first-order valence-corrected chi connectivity index (χ1v) is 8.27. The first kappa shape index (κ1) is 18.1. The molecular weight excluding hydrogens is 368 g/mol. The van der Waals surface area contributed by atoms with Gasteiger partial charge in [-0.05, 0) is 55.5 Å². The molecule has 0 spiro atoms. The van der Waals surface area contributed by atoms with Crippen molar-refractivity contribution in [3.63, 3.8) is 0 Å². The Labute approximate surface area is 150 Å². The molecule has 26 heavy (non-hydrogen) atoms. The molecule has 1 N–H and O–H groups in total. The van der Waals surface area contributed by atoms with Crippen molar-refractivity contribution in [1.82, 2.24) is 4.98 Å². The number of carbonyl (C=O) groups excluding carboxylic acids is 1. The second-order valence-corrected chi connectivity index (χ2v) is 6.47. The third kappa shape index (κ3) is 3.91. The molecule has 1 heterocycles. The van der Waals surface area contributed by atoms with Crippen molar-refractivity contribution in [2.24, 2.45) is 0 Å². The molecule has 3 rings (SSSR count). The van der Waals surface area contributed by atoms with Crippen molar-refractivity contribution in [1.29, 1.82) is 0 Å². The highest BCUT2D eigenvalue weighted by molar-refractivity contribution is 7.17. The third-order valence-corrected chi connectivity index (χ3v) is 4.77. The number of hydrogen-bond acceptors (Lipinski definition) is 3. The second-order valence-electron chi connectivity index (χ2n) is 5.47. The molecule has 0 aliphatic carbocycles. The first-order valence-electron chi connectivity index (χ1n) is 7.46. The summed E-state index contributed by atoms with van der Waals surface area (Å²) >= 11 is 1.13. The van der Waals surface area contributed by atoms with Crippen LogP contribution in [0, 0.1) is 12.7 Å². The second kappa shape index (κ2) is 6.87. The zero-order valence-corrected chi connectivity index (χ0v) is 14.2. The molecule has 3 aromatic rings. The number of halogens is 4. The van der Waals surface area contributed by atoms with Crippen molar-refractivity contribution in [2.45, 2.75) is 13.1 Å². The molecule has 0 saturated heterocycles. The number of aromatic nitrogens is 1. The van der Waals surface area contributed by atoms with E-state index in [0.29, 0.717) is 21.1 Å². The van der Waals surface area contributed by atoms with E-state index in [1.807, 2.05) is 0 Å². The van der Waals surface area contributed by atoms with E-state index in [1.54, 1.807) is 19.1 Å². The van der Waals surface area contributed by atoms with E-state index in [2.05, 4.69) is 10.3 Å². The van der Waals surface area contributed by atoms with Gasteiger partial charge in [0.2, 0.25) is 0 Å². The quantitative estimate of drug-likeness (QED) is 0.607. The lowest BCUT2D eigenvalue weighted by Gasteiger charge is -2.08. The van der Waals surface area contributed by atoms with Crippen molar-refractivity contribution in [2.75, 3.05) is 5.32 Å². The van der Waals surface area contributed by atoms with Crippen molar-refractivity contribution >= 4 is 22.9 Å². The maximum Gasteiger partial charge on any atom is 0.416 e. The van der Waals surface area contributed by atoms with E-state index in [0.717, 1.165) is 23.5 Å². The van der Waals surface area contributed by atoms with Crippen LogP contribution in [0.15, 0.2) is 48.5 Å². The lowest BCUT2D eigenvalue weighted by atomic mass is 10.2. The summed E-state index contributed by atoms with van der Waals surface area (Å²) in [5, 5.41) is 3.11. The third-order valence-electron chi connectivity index (χ3n) is 3.56. The molecule has 0 saturated carbocycles. The van der Waals surface area contributed by atoms with Gasteiger partial charge in [-0.15, -0.1) is 11.3 Å². The zero-order chi connectivity index (χ0) is 18.9.